The Morgan fingerprint density at radius 2 is 2.19 bits per heavy atom. The van der Waals surface area contributed by atoms with Crippen LogP contribution in [0.25, 0.3) is 0 Å². The van der Waals surface area contributed by atoms with Crippen LogP contribution in [0.1, 0.15) is 17.9 Å². The summed E-state index contributed by atoms with van der Waals surface area (Å²) < 4.78 is 36.7. The molecule has 1 N–H and O–H groups in total. The van der Waals surface area contributed by atoms with Crippen LogP contribution < -0.4 is 9.47 Å². The van der Waals surface area contributed by atoms with Crippen molar-refractivity contribution in [2.75, 3.05) is 7.11 Å². The molecule has 0 bridgehead atoms. The van der Waals surface area contributed by atoms with Crippen molar-refractivity contribution in [3.63, 3.8) is 0 Å². The van der Waals surface area contributed by atoms with Crippen LogP contribution in [-0.2, 0) is 13.2 Å². The van der Waals surface area contributed by atoms with Gasteiger partial charge in [-0.25, -0.2) is 4.98 Å². The number of benzene rings is 1. The molecule has 0 radical (unpaired) electrons. The van der Waals surface area contributed by atoms with Crippen molar-refractivity contribution in [3.05, 3.63) is 40.9 Å². The monoisotopic (exact) mass is 318 g/mol. The maximum atomic E-state index is 12.7. The Morgan fingerprint density at radius 3 is 2.81 bits per heavy atom. The molecule has 1 heterocycles. The summed E-state index contributed by atoms with van der Waals surface area (Å²) in [6.45, 7) is -3.09. The quantitative estimate of drug-likeness (QED) is 0.889. The number of hydrogen-bond acceptors (Lipinski definition) is 4. The van der Waals surface area contributed by atoms with E-state index < -0.39 is 6.55 Å². The highest BCUT2D eigenvalue weighted by atomic mass is 35.5. The van der Waals surface area contributed by atoms with E-state index in [1.54, 1.807) is 6.07 Å². The van der Waals surface area contributed by atoms with E-state index in [-0.39, 0.29) is 29.8 Å². The lowest BCUT2D eigenvalue weighted by Gasteiger charge is -2.14. The zero-order valence-electron chi connectivity index (χ0n) is 11.1. The summed E-state index contributed by atoms with van der Waals surface area (Å²) in [7, 11) is 1.42. The van der Waals surface area contributed by atoms with Gasteiger partial charge in [-0.15, -0.1) is 0 Å². The van der Waals surface area contributed by atoms with Gasteiger partial charge in [-0.1, -0.05) is 11.6 Å². The van der Waals surface area contributed by atoms with Gasteiger partial charge in [-0.05, 0) is 17.7 Å². The van der Waals surface area contributed by atoms with Crippen LogP contribution in [0, 0.1) is 0 Å². The van der Waals surface area contributed by atoms with Crippen molar-refractivity contribution in [1.29, 1.82) is 0 Å². The first-order valence-corrected chi connectivity index (χ1v) is 6.34. The summed E-state index contributed by atoms with van der Waals surface area (Å²) >= 11 is 6.04. The van der Waals surface area contributed by atoms with E-state index in [0.717, 1.165) is 6.20 Å². The summed E-state index contributed by atoms with van der Waals surface area (Å²) in [5, 5.41) is 9.32. The first-order chi connectivity index (χ1) is 10.1. The molecule has 0 unspecified atom stereocenters. The van der Waals surface area contributed by atoms with Crippen LogP contribution in [0.15, 0.2) is 24.5 Å². The standard InChI is InChI=1S/C13H13ClF2N2O3/c1-20-10-5-8(6-19)4-9(14)12(10)21-7-11-17-2-3-18(11)13(15)16/h2-5,13,19H,6-7H2,1H3. The van der Waals surface area contributed by atoms with Gasteiger partial charge in [0.1, 0.15) is 6.61 Å². The van der Waals surface area contributed by atoms with Gasteiger partial charge in [0.25, 0.3) is 0 Å². The number of alkyl halides is 2. The van der Waals surface area contributed by atoms with Gasteiger partial charge in [0.15, 0.2) is 17.3 Å². The van der Waals surface area contributed by atoms with Crippen LogP contribution in [0.2, 0.25) is 5.02 Å². The van der Waals surface area contributed by atoms with E-state index in [9.17, 15) is 8.78 Å². The first-order valence-electron chi connectivity index (χ1n) is 5.96. The molecule has 2 rings (SSSR count). The average Bonchev–Trinajstić information content (AvgIpc) is 2.93. The second kappa shape index (κ2) is 6.73. The molecule has 1 aromatic heterocycles. The summed E-state index contributed by atoms with van der Waals surface area (Å²) in [6, 6.07) is 3.07. The van der Waals surface area contributed by atoms with Crippen molar-refractivity contribution < 1.29 is 23.4 Å². The van der Waals surface area contributed by atoms with E-state index in [1.807, 2.05) is 0 Å². The number of aliphatic hydroxyl groups excluding tert-OH is 1. The second-order valence-corrected chi connectivity index (χ2v) is 4.49. The van der Waals surface area contributed by atoms with Gasteiger partial charge >= 0.3 is 6.55 Å². The summed E-state index contributed by atoms with van der Waals surface area (Å²) in [6.07, 6.45) is 2.43. The fourth-order valence-corrected chi connectivity index (χ4v) is 2.06. The molecule has 5 nitrogen and oxygen atoms in total. The molecular weight excluding hydrogens is 306 g/mol. The number of rotatable bonds is 6. The minimum atomic E-state index is -2.69. The Morgan fingerprint density at radius 1 is 1.43 bits per heavy atom. The molecule has 0 aliphatic rings. The molecule has 0 fully saturated rings. The van der Waals surface area contributed by atoms with Gasteiger partial charge < -0.3 is 14.6 Å². The largest absolute Gasteiger partial charge is 0.493 e. The molecule has 2 aromatic rings. The van der Waals surface area contributed by atoms with Crippen molar-refractivity contribution in [2.45, 2.75) is 19.8 Å². The Bertz CT molecular complexity index is 619. The second-order valence-electron chi connectivity index (χ2n) is 4.08. The fourth-order valence-electron chi connectivity index (χ4n) is 1.77. The third-order valence-electron chi connectivity index (χ3n) is 2.78. The highest BCUT2D eigenvalue weighted by Crippen LogP contribution is 2.37. The fraction of sp³-hybridized carbons (Fsp3) is 0.308. The number of methoxy groups -OCH3 is 1. The lowest BCUT2D eigenvalue weighted by atomic mass is 10.2. The highest BCUT2D eigenvalue weighted by Gasteiger charge is 2.15. The Hall–Kier alpha value is -1.86. The van der Waals surface area contributed by atoms with Crippen LogP contribution >= 0.6 is 11.6 Å². The predicted molar refractivity (Wildman–Crippen MR) is 71.7 cm³/mol. The van der Waals surface area contributed by atoms with Gasteiger partial charge in [0.05, 0.1) is 18.7 Å². The SMILES string of the molecule is COc1cc(CO)cc(Cl)c1OCc1nccn1C(F)F. The number of halogens is 3. The van der Waals surface area contributed by atoms with Crippen LogP contribution in [-0.4, -0.2) is 21.8 Å². The number of hydrogen-bond donors (Lipinski definition) is 1. The molecular formula is C13H13ClF2N2O3. The topological polar surface area (TPSA) is 56.5 Å². The van der Waals surface area contributed by atoms with E-state index in [1.165, 1.54) is 19.4 Å². The highest BCUT2D eigenvalue weighted by molar-refractivity contribution is 6.32. The lowest BCUT2D eigenvalue weighted by molar-refractivity contribution is 0.0631. The zero-order valence-corrected chi connectivity index (χ0v) is 11.8. The van der Waals surface area contributed by atoms with Gasteiger partial charge in [-0.2, -0.15) is 8.78 Å². The minimum Gasteiger partial charge on any atom is -0.493 e. The van der Waals surface area contributed by atoms with Gasteiger partial charge in [-0.3, -0.25) is 4.57 Å². The Kier molecular flexibility index (Phi) is 4.98. The van der Waals surface area contributed by atoms with Gasteiger partial charge in [0, 0.05) is 12.4 Å². The third kappa shape index (κ3) is 3.43. The molecule has 0 amide bonds. The minimum absolute atomic E-state index is 0.0642. The molecule has 8 heteroatoms. The smallest absolute Gasteiger partial charge is 0.320 e. The Balaban J connectivity index is 2.21. The maximum absolute atomic E-state index is 12.7. The van der Waals surface area contributed by atoms with E-state index in [2.05, 4.69) is 4.98 Å². The van der Waals surface area contributed by atoms with Crippen LogP contribution in [0.5, 0.6) is 11.5 Å². The number of ether oxygens (including phenoxy) is 2. The molecule has 0 spiro atoms. The van der Waals surface area contributed by atoms with Crippen LogP contribution in [0.3, 0.4) is 0 Å². The van der Waals surface area contributed by atoms with E-state index >= 15 is 0 Å². The number of aliphatic hydroxyl groups is 1. The van der Waals surface area contributed by atoms with E-state index in [0.29, 0.717) is 15.9 Å². The van der Waals surface area contributed by atoms with E-state index in [4.69, 9.17) is 26.2 Å². The molecule has 0 aliphatic carbocycles. The zero-order chi connectivity index (χ0) is 15.4. The van der Waals surface area contributed by atoms with Crippen molar-refractivity contribution in [2.24, 2.45) is 0 Å². The Labute approximate surface area is 124 Å². The summed E-state index contributed by atoms with van der Waals surface area (Å²) in [5.74, 6) is 0.580. The lowest BCUT2D eigenvalue weighted by Crippen LogP contribution is -2.08. The summed E-state index contributed by atoms with van der Waals surface area (Å²) in [4.78, 5) is 3.81. The number of nitrogens with zero attached hydrogens (tertiary/aromatic N) is 2. The van der Waals surface area contributed by atoms with Gasteiger partial charge in [0.2, 0.25) is 0 Å². The third-order valence-corrected chi connectivity index (χ3v) is 3.06. The predicted octanol–water partition coefficient (Wildman–Crippen LogP) is 3.01. The van der Waals surface area contributed by atoms with Crippen molar-refractivity contribution in [3.8, 4) is 11.5 Å². The van der Waals surface area contributed by atoms with Crippen molar-refractivity contribution >= 4 is 11.6 Å². The molecule has 0 saturated carbocycles. The normalized spacial score (nSPS) is 11.0. The van der Waals surface area contributed by atoms with Crippen molar-refractivity contribution in [1.82, 2.24) is 9.55 Å². The summed E-state index contributed by atoms with van der Waals surface area (Å²) in [5.41, 5.74) is 0.554. The number of aromatic nitrogens is 2. The average molecular weight is 319 g/mol. The van der Waals surface area contributed by atoms with Crippen LogP contribution in [0.4, 0.5) is 8.78 Å². The molecule has 1 aromatic carbocycles. The maximum Gasteiger partial charge on any atom is 0.320 e. The molecule has 21 heavy (non-hydrogen) atoms. The molecule has 0 aliphatic heterocycles. The molecule has 114 valence electrons. The first kappa shape index (κ1) is 15.5. The molecule has 0 saturated heterocycles. The number of imidazole rings is 1. The molecule has 0 atom stereocenters.